The average molecular weight is 485 g/mol. The Labute approximate surface area is 199 Å². The third kappa shape index (κ3) is 4.22. The highest BCUT2D eigenvalue weighted by atomic mass is 35.5. The molecule has 1 heterocycles. The fourth-order valence-corrected chi connectivity index (χ4v) is 4.19. The van der Waals surface area contributed by atoms with Gasteiger partial charge in [-0.15, -0.1) is 0 Å². The Bertz CT molecular complexity index is 1370. The van der Waals surface area contributed by atoms with Crippen LogP contribution in [0.15, 0.2) is 48.7 Å². The lowest BCUT2D eigenvalue weighted by Gasteiger charge is -2.15. The largest absolute Gasteiger partial charge is 0.495 e. The second-order valence-electron chi connectivity index (χ2n) is 7.10. The van der Waals surface area contributed by atoms with Gasteiger partial charge >= 0.3 is 0 Å². The highest BCUT2D eigenvalue weighted by Crippen LogP contribution is 2.46. The van der Waals surface area contributed by atoms with Crippen LogP contribution < -0.4 is 14.8 Å². The predicted octanol–water partition coefficient (Wildman–Crippen LogP) is 6.58. The molecule has 4 aromatic rings. The van der Waals surface area contributed by atoms with Crippen LogP contribution in [0.3, 0.4) is 0 Å². The molecule has 0 radical (unpaired) electrons. The van der Waals surface area contributed by atoms with E-state index in [-0.39, 0.29) is 11.6 Å². The molecule has 33 heavy (non-hydrogen) atoms. The van der Waals surface area contributed by atoms with Crippen LogP contribution in [0.25, 0.3) is 22.0 Å². The number of nitro groups is 1. The van der Waals surface area contributed by atoms with Gasteiger partial charge in [0.1, 0.15) is 17.2 Å². The zero-order valence-corrected chi connectivity index (χ0v) is 19.4. The number of methoxy groups -OCH3 is 2. The quantitative estimate of drug-likeness (QED) is 0.243. The van der Waals surface area contributed by atoms with Crippen LogP contribution in [-0.2, 0) is 0 Å². The van der Waals surface area contributed by atoms with Crippen molar-refractivity contribution in [3.63, 3.8) is 0 Å². The van der Waals surface area contributed by atoms with Crippen molar-refractivity contribution >= 4 is 51.4 Å². The number of hydrogen-bond acceptors (Lipinski definition) is 7. The molecule has 0 aliphatic carbocycles. The molecule has 0 aliphatic heterocycles. The average Bonchev–Trinajstić information content (AvgIpc) is 2.80. The van der Waals surface area contributed by atoms with Gasteiger partial charge in [-0.25, -0.2) is 9.97 Å². The highest BCUT2D eigenvalue weighted by molar-refractivity contribution is 6.41. The van der Waals surface area contributed by atoms with Gasteiger partial charge in [-0.3, -0.25) is 10.1 Å². The van der Waals surface area contributed by atoms with Crippen LogP contribution in [0.1, 0.15) is 5.56 Å². The minimum atomic E-state index is -0.446. The van der Waals surface area contributed by atoms with Crippen LogP contribution in [0, 0.1) is 17.0 Å². The molecule has 0 amide bonds. The maximum atomic E-state index is 11.4. The zero-order valence-electron chi connectivity index (χ0n) is 17.8. The number of para-hydroxylation sites is 1. The number of anilines is 2. The van der Waals surface area contributed by atoms with Crippen molar-refractivity contribution in [1.82, 2.24) is 9.97 Å². The van der Waals surface area contributed by atoms with Gasteiger partial charge in [0.05, 0.1) is 34.7 Å². The lowest BCUT2D eigenvalue weighted by atomic mass is 10.0. The van der Waals surface area contributed by atoms with Gasteiger partial charge in [-0.1, -0.05) is 41.4 Å². The number of ether oxygens (including phenoxy) is 2. The van der Waals surface area contributed by atoms with Gasteiger partial charge in [0, 0.05) is 29.3 Å². The van der Waals surface area contributed by atoms with E-state index in [4.69, 9.17) is 32.7 Å². The first-order chi connectivity index (χ1) is 15.8. The van der Waals surface area contributed by atoms with Crippen molar-refractivity contribution in [2.75, 3.05) is 19.5 Å². The molecule has 1 aromatic heterocycles. The maximum Gasteiger partial charge on any atom is 0.293 e. The monoisotopic (exact) mass is 484 g/mol. The molecule has 8 nitrogen and oxygen atoms in total. The Kier molecular flexibility index (Phi) is 6.22. The summed E-state index contributed by atoms with van der Waals surface area (Å²) in [6.45, 7) is 1.78. The minimum Gasteiger partial charge on any atom is -0.495 e. The second-order valence-corrected chi connectivity index (χ2v) is 7.86. The summed E-state index contributed by atoms with van der Waals surface area (Å²) in [6.07, 6.45) is 1.62. The van der Waals surface area contributed by atoms with Crippen molar-refractivity contribution < 1.29 is 14.4 Å². The smallest absolute Gasteiger partial charge is 0.293 e. The van der Waals surface area contributed by atoms with Crippen LogP contribution in [0.5, 0.6) is 11.5 Å². The molecule has 0 spiro atoms. The van der Waals surface area contributed by atoms with E-state index in [1.165, 1.54) is 20.3 Å². The van der Waals surface area contributed by atoms with E-state index in [0.717, 1.165) is 10.9 Å². The molecule has 0 aliphatic rings. The van der Waals surface area contributed by atoms with Crippen molar-refractivity contribution in [3.05, 3.63) is 74.4 Å². The Morgan fingerprint density at radius 2 is 1.73 bits per heavy atom. The van der Waals surface area contributed by atoms with E-state index in [1.807, 2.05) is 12.1 Å². The Morgan fingerprint density at radius 3 is 2.36 bits per heavy atom. The molecule has 0 saturated heterocycles. The number of hydrogen-bond donors (Lipinski definition) is 1. The van der Waals surface area contributed by atoms with E-state index in [2.05, 4.69) is 15.3 Å². The number of nitro benzene ring substituents is 1. The van der Waals surface area contributed by atoms with Gasteiger partial charge in [0.25, 0.3) is 5.69 Å². The molecule has 0 unspecified atom stereocenters. The molecule has 0 fully saturated rings. The third-order valence-corrected chi connectivity index (χ3v) is 5.88. The van der Waals surface area contributed by atoms with Crippen LogP contribution in [-0.4, -0.2) is 29.1 Å². The molecule has 0 atom stereocenters. The zero-order chi connectivity index (χ0) is 23.7. The summed E-state index contributed by atoms with van der Waals surface area (Å²) >= 11 is 13.1. The van der Waals surface area contributed by atoms with Gasteiger partial charge in [0.15, 0.2) is 0 Å². The number of aryl methyl sites for hydroxylation is 1. The lowest BCUT2D eigenvalue weighted by Crippen LogP contribution is -2.02. The molecular weight excluding hydrogens is 467 g/mol. The van der Waals surface area contributed by atoms with Crippen molar-refractivity contribution in [2.24, 2.45) is 0 Å². The molecule has 10 heteroatoms. The second kappa shape index (κ2) is 9.09. The number of benzene rings is 3. The number of rotatable bonds is 6. The molecule has 1 N–H and O–H groups in total. The SMILES string of the molecule is COc1cc(OC)c(Cl)c(-c2ccc3nc(Nc4c(C)cccc4[N+](=O)[O-])ncc3c2)c1Cl. The van der Waals surface area contributed by atoms with E-state index >= 15 is 0 Å². The van der Waals surface area contributed by atoms with Crippen LogP contribution >= 0.6 is 23.2 Å². The molecule has 3 aromatic carbocycles. The van der Waals surface area contributed by atoms with Crippen LogP contribution in [0.4, 0.5) is 17.3 Å². The van der Waals surface area contributed by atoms with Crippen molar-refractivity contribution in [2.45, 2.75) is 6.92 Å². The van der Waals surface area contributed by atoms with Crippen LogP contribution in [0.2, 0.25) is 10.0 Å². The van der Waals surface area contributed by atoms with Gasteiger partial charge in [-0.05, 0) is 30.2 Å². The fraction of sp³-hybridized carbons (Fsp3) is 0.130. The predicted molar refractivity (Wildman–Crippen MR) is 129 cm³/mol. The Balaban J connectivity index is 1.76. The number of nitrogens with one attached hydrogen (secondary N) is 1. The third-order valence-electron chi connectivity index (χ3n) is 5.13. The van der Waals surface area contributed by atoms with Gasteiger partial charge in [0.2, 0.25) is 5.95 Å². The first kappa shape index (κ1) is 22.6. The van der Waals surface area contributed by atoms with Gasteiger partial charge < -0.3 is 14.8 Å². The molecule has 4 rings (SSSR count). The maximum absolute atomic E-state index is 11.4. The normalized spacial score (nSPS) is 10.8. The number of halogens is 2. The Morgan fingerprint density at radius 1 is 1.03 bits per heavy atom. The van der Waals surface area contributed by atoms with Crippen molar-refractivity contribution in [1.29, 1.82) is 0 Å². The summed E-state index contributed by atoms with van der Waals surface area (Å²) in [5.41, 5.74) is 2.93. The topological polar surface area (TPSA) is 99.4 Å². The standard InChI is InChI=1S/C23H18Cl2N4O4/c1-12-5-4-6-16(29(30)31)22(12)28-23-26-11-14-9-13(7-8-15(14)27-23)19-20(24)17(32-2)10-18(33-3)21(19)25/h4-11H,1-3H3,(H,26,27,28). The lowest BCUT2D eigenvalue weighted by molar-refractivity contribution is -0.384. The molecule has 0 saturated carbocycles. The summed E-state index contributed by atoms with van der Waals surface area (Å²) in [4.78, 5) is 19.8. The van der Waals surface area contributed by atoms with Gasteiger partial charge in [-0.2, -0.15) is 0 Å². The Hall–Kier alpha value is -3.62. The molecule has 168 valence electrons. The summed E-state index contributed by atoms with van der Waals surface area (Å²) in [7, 11) is 3.03. The minimum absolute atomic E-state index is 0.0506. The summed E-state index contributed by atoms with van der Waals surface area (Å²) in [5, 5.41) is 15.8. The summed E-state index contributed by atoms with van der Waals surface area (Å²) in [5.74, 6) is 1.11. The number of fused-ring (bicyclic) bond motifs is 1. The first-order valence-corrected chi connectivity index (χ1v) is 10.5. The summed E-state index contributed by atoms with van der Waals surface area (Å²) < 4.78 is 10.7. The fourth-order valence-electron chi connectivity index (χ4n) is 3.47. The van der Waals surface area contributed by atoms with E-state index < -0.39 is 4.92 Å². The van der Waals surface area contributed by atoms with E-state index in [9.17, 15) is 10.1 Å². The van der Waals surface area contributed by atoms with E-state index in [1.54, 1.807) is 37.4 Å². The van der Waals surface area contributed by atoms with E-state index in [0.29, 0.717) is 43.9 Å². The molecular formula is C23H18Cl2N4O4. The van der Waals surface area contributed by atoms with Crippen molar-refractivity contribution in [3.8, 4) is 22.6 Å². The summed E-state index contributed by atoms with van der Waals surface area (Å²) in [6, 6.07) is 11.9. The number of aromatic nitrogens is 2. The molecule has 0 bridgehead atoms. The first-order valence-electron chi connectivity index (χ1n) is 9.72. The highest BCUT2D eigenvalue weighted by Gasteiger charge is 2.20. The number of nitrogens with zero attached hydrogens (tertiary/aromatic N) is 3.